The largest absolute Gasteiger partial charge is 0.385 e. The van der Waals surface area contributed by atoms with Crippen molar-refractivity contribution in [1.82, 2.24) is 10.6 Å². The van der Waals surface area contributed by atoms with E-state index in [1.54, 1.807) is 26.3 Å². The van der Waals surface area contributed by atoms with Gasteiger partial charge in [0, 0.05) is 39.4 Å². The van der Waals surface area contributed by atoms with Crippen molar-refractivity contribution in [3.05, 3.63) is 35.6 Å². The number of methoxy groups -OCH3 is 1. The number of aliphatic imine (C=N–C) groups is 1. The molecule has 5 heteroatoms. The van der Waals surface area contributed by atoms with Gasteiger partial charge in [-0.15, -0.1) is 0 Å². The number of benzene rings is 1. The Hall–Kier alpha value is -1.62. The molecule has 0 radical (unpaired) electrons. The molecule has 0 unspecified atom stereocenters. The highest BCUT2D eigenvalue weighted by Crippen LogP contribution is 2.40. The van der Waals surface area contributed by atoms with E-state index in [2.05, 4.69) is 15.6 Å². The van der Waals surface area contributed by atoms with Crippen LogP contribution >= 0.6 is 0 Å². The standard InChI is InChI=1S/C18H28FN3O/c1-20-17(21-13-15-7-3-4-8-16(15)19)22-14-18(11-12-23-2)9-5-6-10-18/h3-4,7-8H,5-6,9-14H2,1-2H3,(H2,20,21,22). The molecule has 0 saturated heterocycles. The zero-order valence-corrected chi connectivity index (χ0v) is 14.2. The van der Waals surface area contributed by atoms with Crippen LogP contribution in [0.3, 0.4) is 0 Å². The molecule has 1 saturated carbocycles. The van der Waals surface area contributed by atoms with Crippen molar-refractivity contribution < 1.29 is 9.13 Å². The highest BCUT2D eigenvalue weighted by Gasteiger charge is 2.33. The van der Waals surface area contributed by atoms with Gasteiger partial charge in [0.05, 0.1) is 0 Å². The fourth-order valence-corrected chi connectivity index (χ4v) is 3.27. The number of halogens is 1. The second-order valence-corrected chi connectivity index (χ2v) is 6.32. The van der Waals surface area contributed by atoms with E-state index in [4.69, 9.17) is 4.74 Å². The molecule has 1 aliphatic rings. The van der Waals surface area contributed by atoms with Gasteiger partial charge in [-0.25, -0.2) is 4.39 Å². The van der Waals surface area contributed by atoms with Gasteiger partial charge >= 0.3 is 0 Å². The normalized spacial score (nSPS) is 17.3. The van der Waals surface area contributed by atoms with Crippen LogP contribution in [0.5, 0.6) is 0 Å². The minimum Gasteiger partial charge on any atom is -0.385 e. The molecule has 2 N–H and O–H groups in total. The number of nitrogens with zero attached hydrogens (tertiary/aromatic N) is 1. The van der Waals surface area contributed by atoms with E-state index >= 15 is 0 Å². The van der Waals surface area contributed by atoms with Crippen molar-refractivity contribution in [3.8, 4) is 0 Å². The monoisotopic (exact) mass is 321 g/mol. The van der Waals surface area contributed by atoms with Crippen LogP contribution < -0.4 is 10.6 Å². The summed E-state index contributed by atoms with van der Waals surface area (Å²) in [7, 11) is 3.50. The summed E-state index contributed by atoms with van der Waals surface area (Å²) in [5, 5.41) is 6.60. The molecule has 128 valence electrons. The summed E-state index contributed by atoms with van der Waals surface area (Å²) in [6.07, 6.45) is 6.10. The van der Waals surface area contributed by atoms with Crippen molar-refractivity contribution in [2.75, 3.05) is 27.3 Å². The second-order valence-electron chi connectivity index (χ2n) is 6.32. The molecule has 0 atom stereocenters. The molecule has 1 aliphatic carbocycles. The van der Waals surface area contributed by atoms with Crippen LogP contribution in [-0.4, -0.2) is 33.3 Å². The van der Waals surface area contributed by atoms with Crippen molar-refractivity contribution in [2.24, 2.45) is 10.4 Å². The Kier molecular flexibility index (Phi) is 6.84. The molecule has 1 aromatic carbocycles. The van der Waals surface area contributed by atoms with E-state index in [-0.39, 0.29) is 5.82 Å². The predicted molar refractivity (Wildman–Crippen MR) is 92.0 cm³/mol. The third-order valence-electron chi connectivity index (χ3n) is 4.76. The Morgan fingerprint density at radius 2 is 2.00 bits per heavy atom. The fraction of sp³-hybridized carbons (Fsp3) is 0.611. The van der Waals surface area contributed by atoms with Crippen LogP contribution in [0, 0.1) is 11.2 Å². The van der Waals surface area contributed by atoms with Gasteiger partial charge in [-0.3, -0.25) is 4.99 Å². The molecular formula is C18H28FN3O. The third kappa shape index (κ3) is 5.20. The van der Waals surface area contributed by atoms with E-state index in [9.17, 15) is 4.39 Å². The van der Waals surface area contributed by atoms with Crippen molar-refractivity contribution in [1.29, 1.82) is 0 Å². The Bertz CT molecular complexity index is 513. The summed E-state index contributed by atoms with van der Waals surface area (Å²) in [5.41, 5.74) is 0.941. The highest BCUT2D eigenvalue weighted by atomic mass is 19.1. The molecule has 0 bridgehead atoms. The zero-order chi connectivity index (χ0) is 16.5. The molecule has 1 fully saturated rings. The Morgan fingerprint density at radius 1 is 1.26 bits per heavy atom. The van der Waals surface area contributed by atoms with Crippen LogP contribution in [0.4, 0.5) is 4.39 Å². The van der Waals surface area contributed by atoms with Gasteiger partial charge in [0.15, 0.2) is 5.96 Å². The average molecular weight is 321 g/mol. The molecule has 0 heterocycles. The summed E-state index contributed by atoms with van der Waals surface area (Å²) in [6, 6.07) is 6.80. The topological polar surface area (TPSA) is 45.7 Å². The number of nitrogens with one attached hydrogen (secondary N) is 2. The highest BCUT2D eigenvalue weighted by molar-refractivity contribution is 5.79. The van der Waals surface area contributed by atoms with E-state index in [1.165, 1.54) is 31.7 Å². The number of rotatable bonds is 7. The zero-order valence-electron chi connectivity index (χ0n) is 14.2. The van der Waals surface area contributed by atoms with E-state index < -0.39 is 0 Å². The molecular weight excluding hydrogens is 293 g/mol. The first-order valence-electron chi connectivity index (χ1n) is 8.36. The summed E-state index contributed by atoms with van der Waals surface area (Å²) in [5.74, 6) is 0.528. The van der Waals surface area contributed by atoms with Crippen LogP contribution in [0.1, 0.15) is 37.7 Å². The SMILES string of the molecule is CN=C(NCc1ccccc1F)NCC1(CCOC)CCCC1. The lowest BCUT2D eigenvalue weighted by Gasteiger charge is -2.30. The first-order chi connectivity index (χ1) is 11.2. The lowest BCUT2D eigenvalue weighted by molar-refractivity contribution is 0.138. The van der Waals surface area contributed by atoms with Crippen molar-refractivity contribution >= 4 is 5.96 Å². The maximum Gasteiger partial charge on any atom is 0.191 e. The third-order valence-corrected chi connectivity index (χ3v) is 4.76. The first-order valence-corrected chi connectivity index (χ1v) is 8.36. The summed E-state index contributed by atoms with van der Waals surface area (Å²) in [4.78, 5) is 4.25. The lowest BCUT2D eigenvalue weighted by Crippen LogP contribution is -2.43. The molecule has 23 heavy (non-hydrogen) atoms. The van der Waals surface area contributed by atoms with Crippen LogP contribution in [-0.2, 0) is 11.3 Å². The molecule has 0 amide bonds. The summed E-state index contributed by atoms with van der Waals surface area (Å²) < 4.78 is 18.9. The maximum atomic E-state index is 13.7. The van der Waals surface area contributed by atoms with E-state index in [1.807, 2.05) is 6.07 Å². The Balaban J connectivity index is 1.85. The van der Waals surface area contributed by atoms with E-state index in [0.29, 0.717) is 17.5 Å². The van der Waals surface area contributed by atoms with Gasteiger partial charge in [-0.1, -0.05) is 31.0 Å². The van der Waals surface area contributed by atoms with Gasteiger partial charge in [0.25, 0.3) is 0 Å². The molecule has 2 rings (SSSR count). The van der Waals surface area contributed by atoms with Gasteiger partial charge in [0.2, 0.25) is 0 Å². The van der Waals surface area contributed by atoms with Crippen LogP contribution in [0.25, 0.3) is 0 Å². The first kappa shape index (κ1) is 17.7. The molecule has 0 spiro atoms. The maximum absolute atomic E-state index is 13.7. The van der Waals surface area contributed by atoms with Gasteiger partial charge in [-0.05, 0) is 30.7 Å². The minimum atomic E-state index is -0.192. The van der Waals surface area contributed by atoms with Crippen molar-refractivity contribution in [3.63, 3.8) is 0 Å². The molecule has 0 aliphatic heterocycles. The van der Waals surface area contributed by atoms with Crippen LogP contribution in [0.2, 0.25) is 0 Å². The number of guanidine groups is 1. The van der Waals surface area contributed by atoms with Crippen LogP contribution in [0.15, 0.2) is 29.3 Å². The van der Waals surface area contributed by atoms with Gasteiger partial charge < -0.3 is 15.4 Å². The minimum absolute atomic E-state index is 0.192. The van der Waals surface area contributed by atoms with Gasteiger partial charge in [0.1, 0.15) is 5.82 Å². The molecule has 0 aromatic heterocycles. The predicted octanol–water partition coefficient (Wildman–Crippen LogP) is 3.09. The number of ether oxygens (including phenoxy) is 1. The smallest absolute Gasteiger partial charge is 0.191 e. The lowest BCUT2D eigenvalue weighted by atomic mass is 9.83. The summed E-state index contributed by atoms with van der Waals surface area (Å²) >= 11 is 0. The quantitative estimate of drug-likeness (QED) is 0.599. The fourth-order valence-electron chi connectivity index (χ4n) is 3.27. The summed E-state index contributed by atoms with van der Waals surface area (Å²) in [6.45, 7) is 2.10. The Labute approximate surface area is 138 Å². The average Bonchev–Trinajstić information content (AvgIpc) is 3.04. The number of hydrogen-bond acceptors (Lipinski definition) is 2. The second kappa shape index (κ2) is 8.87. The van der Waals surface area contributed by atoms with E-state index in [0.717, 1.165) is 25.5 Å². The Morgan fingerprint density at radius 3 is 2.65 bits per heavy atom. The number of hydrogen-bond donors (Lipinski definition) is 2. The van der Waals surface area contributed by atoms with Gasteiger partial charge in [-0.2, -0.15) is 0 Å². The molecule has 4 nitrogen and oxygen atoms in total. The molecule has 1 aromatic rings. The van der Waals surface area contributed by atoms with Crippen molar-refractivity contribution in [2.45, 2.75) is 38.6 Å².